The first kappa shape index (κ1) is 25.6. The number of anilines is 1. The number of primary amides is 1. The second kappa shape index (κ2) is 11.4. The molecule has 9 heteroatoms. The van der Waals surface area contributed by atoms with E-state index in [1.54, 1.807) is 6.07 Å². The summed E-state index contributed by atoms with van der Waals surface area (Å²) in [6, 6.07) is 6.50. The average Bonchev–Trinajstić information content (AvgIpc) is 2.78. The van der Waals surface area contributed by atoms with E-state index in [2.05, 4.69) is 11.0 Å². The largest absolute Gasteiger partial charge is 0.417 e. The van der Waals surface area contributed by atoms with Gasteiger partial charge in [0.25, 0.3) is 0 Å². The van der Waals surface area contributed by atoms with Crippen LogP contribution in [-0.4, -0.2) is 43.5 Å². The predicted octanol–water partition coefficient (Wildman–Crippen LogP) is 5.08. The molecule has 0 spiro atoms. The molecule has 1 amide bonds. The number of nitrogens with zero attached hydrogens (tertiary/aromatic N) is 3. The molecule has 182 valence electrons. The van der Waals surface area contributed by atoms with E-state index in [0.29, 0.717) is 37.0 Å². The van der Waals surface area contributed by atoms with Gasteiger partial charge in [-0.2, -0.15) is 18.4 Å². The Labute approximate surface area is 198 Å². The zero-order valence-electron chi connectivity index (χ0n) is 18.8. The summed E-state index contributed by atoms with van der Waals surface area (Å²) in [6.45, 7) is 4.01. The van der Waals surface area contributed by atoms with Crippen molar-refractivity contribution >= 4 is 23.2 Å². The molecule has 2 fully saturated rings. The second-order valence-corrected chi connectivity index (χ2v) is 9.71. The predicted molar refractivity (Wildman–Crippen MR) is 123 cm³/mol. The Hall–Kier alpha value is -1.98. The summed E-state index contributed by atoms with van der Waals surface area (Å²) in [7, 11) is 0. The van der Waals surface area contributed by atoms with Crippen LogP contribution in [0.3, 0.4) is 0 Å². The van der Waals surface area contributed by atoms with Crippen molar-refractivity contribution in [2.45, 2.75) is 51.1 Å². The zero-order valence-corrected chi connectivity index (χ0v) is 19.5. The van der Waals surface area contributed by atoms with E-state index >= 15 is 0 Å². The molecular formula is C24H32ClF3N4O. The SMILES string of the molecule is N#CC(CCC(N)=O)C1CCC(CCN2CCN(c3ccc(Cl)c(C(F)(F)F)c3)CC2)CC1. The smallest absolute Gasteiger partial charge is 0.370 e. The molecule has 0 aromatic heterocycles. The van der Waals surface area contributed by atoms with Gasteiger partial charge in [0, 0.05) is 44.2 Å². The fourth-order valence-corrected chi connectivity index (χ4v) is 5.33. The third-order valence-corrected chi connectivity index (χ3v) is 7.50. The lowest BCUT2D eigenvalue weighted by atomic mass is 9.74. The molecule has 1 aromatic rings. The van der Waals surface area contributed by atoms with Gasteiger partial charge in [-0.25, -0.2) is 0 Å². The minimum absolute atomic E-state index is 0.0859. The van der Waals surface area contributed by atoms with Crippen molar-refractivity contribution in [1.29, 1.82) is 5.26 Å². The van der Waals surface area contributed by atoms with E-state index in [0.717, 1.165) is 57.8 Å². The normalized spacial score (nSPS) is 23.2. The van der Waals surface area contributed by atoms with Gasteiger partial charge in [0.1, 0.15) is 0 Å². The fraction of sp³-hybridized carbons (Fsp3) is 0.667. The number of benzene rings is 1. The van der Waals surface area contributed by atoms with Crippen LogP contribution in [-0.2, 0) is 11.0 Å². The first-order valence-corrected chi connectivity index (χ1v) is 12.1. The zero-order chi connectivity index (χ0) is 24.0. The summed E-state index contributed by atoms with van der Waals surface area (Å²) in [4.78, 5) is 15.4. The van der Waals surface area contributed by atoms with Gasteiger partial charge in [0.2, 0.25) is 5.91 Å². The summed E-state index contributed by atoms with van der Waals surface area (Å²) < 4.78 is 39.4. The molecule has 1 heterocycles. The van der Waals surface area contributed by atoms with Gasteiger partial charge in [-0.1, -0.05) is 24.4 Å². The number of nitrogens with two attached hydrogens (primary N) is 1. The highest BCUT2D eigenvalue weighted by molar-refractivity contribution is 6.31. The van der Waals surface area contributed by atoms with Gasteiger partial charge in [0.15, 0.2) is 0 Å². The molecule has 2 aliphatic rings. The highest BCUT2D eigenvalue weighted by Crippen LogP contribution is 2.38. The van der Waals surface area contributed by atoms with Crippen molar-refractivity contribution in [3.05, 3.63) is 28.8 Å². The minimum Gasteiger partial charge on any atom is -0.370 e. The Bertz CT molecular complexity index is 841. The quantitative estimate of drug-likeness (QED) is 0.558. The molecule has 1 saturated heterocycles. The lowest BCUT2D eigenvalue weighted by molar-refractivity contribution is -0.137. The number of nitriles is 1. The molecule has 3 rings (SSSR count). The molecule has 1 atom stereocenters. The molecule has 0 radical (unpaired) electrons. The molecular weight excluding hydrogens is 453 g/mol. The maximum atomic E-state index is 13.1. The van der Waals surface area contributed by atoms with E-state index in [-0.39, 0.29) is 23.3 Å². The van der Waals surface area contributed by atoms with E-state index in [9.17, 15) is 23.2 Å². The van der Waals surface area contributed by atoms with Gasteiger partial charge < -0.3 is 10.6 Å². The number of hydrogen-bond donors (Lipinski definition) is 1. The number of hydrogen-bond acceptors (Lipinski definition) is 4. The Kier molecular flexibility index (Phi) is 8.88. The van der Waals surface area contributed by atoms with Crippen molar-refractivity contribution in [2.75, 3.05) is 37.6 Å². The first-order chi connectivity index (χ1) is 15.7. The highest BCUT2D eigenvalue weighted by atomic mass is 35.5. The van der Waals surface area contributed by atoms with Crippen molar-refractivity contribution < 1.29 is 18.0 Å². The van der Waals surface area contributed by atoms with Crippen LogP contribution < -0.4 is 10.6 Å². The Balaban J connectivity index is 1.40. The van der Waals surface area contributed by atoms with E-state index in [1.165, 1.54) is 6.07 Å². The number of rotatable bonds is 8. The molecule has 1 aliphatic heterocycles. The highest BCUT2D eigenvalue weighted by Gasteiger charge is 2.34. The Morgan fingerprint density at radius 2 is 1.85 bits per heavy atom. The standard InChI is InChI=1S/C24H32ClF3N4O/c25-22-7-6-20(15-21(22)24(26,27)28)32-13-11-31(12-14-32)10-9-17-1-3-18(4-2-17)19(16-29)5-8-23(30)33/h6-7,15,17-19H,1-5,8-14H2,(H2,30,33). The van der Waals surface area contributed by atoms with Crippen LogP contribution in [0.2, 0.25) is 5.02 Å². The van der Waals surface area contributed by atoms with E-state index in [4.69, 9.17) is 17.3 Å². The Morgan fingerprint density at radius 1 is 1.18 bits per heavy atom. The van der Waals surface area contributed by atoms with Crippen LogP contribution >= 0.6 is 11.6 Å². The molecule has 33 heavy (non-hydrogen) atoms. The van der Waals surface area contributed by atoms with Crippen LogP contribution in [0.4, 0.5) is 18.9 Å². The molecule has 1 saturated carbocycles. The lowest BCUT2D eigenvalue weighted by Crippen LogP contribution is -2.47. The number of piperazine rings is 1. The van der Waals surface area contributed by atoms with Gasteiger partial charge in [-0.3, -0.25) is 9.69 Å². The second-order valence-electron chi connectivity index (χ2n) is 9.30. The van der Waals surface area contributed by atoms with Crippen molar-refractivity contribution in [2.24, 2.45) is 23.5 Å². The minimum atomic E-state index is -4.46. The summed E-state index contributed by atoms with van der Waals surface area (Å²) in [5.74, 6) is 0.564. The maximum Gasteiger partial charge on any atom is 0.417 e. The van der Waals surface area contributed by atoms with Gasteiger partial charge in [-0.05, 0) is 62.3 Å². The number of alkyl halides is 3. The van der Waals surface area contributed by atoms with Crippen molar-refractivity contribution in [1.82, 2.24) is 4.90 Å². The lowest BCUT2D eigenvalue weighted by Gasteiger charge is -2.37. The van der Waals surface area contributed by atoms with Crippen LogP contribution in [0.5, 0.6) is 0 Å². The van der Waals surface area contributed by atoms with Gasteiger partial charge in [0.05, 0.1) is 16.7 Å². The molecule has 1 unspecified atom stereocenters. The number of carbonyl (C=O) groups excluding carboxylic acids is 1. The van der Waals surface area contributed by atoms with Gasteiger partial charge in [-0.15, -0.1) is 0 Å². The Morgan fingerprint density at radius 3 is 2.42 bits per heavy atom. The fourth-order valence-electron chi connectivity index (χ4n) is 5.10. The molecule has 2 N–H and O–H groups in total. The average molecular weight is 485 g/mol. The van der Waals surface area contributed by atoms with Crippen LogP contribution in [0.15, 0.2) is 18.2 Å². The summed E-state index contributed by atoms with van der Waals surface area (Å²) in [6.07, 6.45) is 1.73. The molecule has 1 aliphatic carbocycles. The third kappa shape index (κ3) is 7.25. The van der Waals surface area contributed by atoms with Crippen molar-refractivity contribution in [3.63, 3.8) is 0 Å². The third-order valence-electron chi connectivity index (χ3n) is 7.17. The monoisotopic (exact) mass is 484 g/mol. The van der Waals surface area contributed by atoms with E-state index in [1.807, 2.05) is 4.90 Å². The first-order valence-electron chi connectivity index (χ1n) is 11.7. The van der Waals surface area contributed by atoms with Crippen molar-refractivity contribution in [3.8, 4) is 6.07 Å². The molecule has 0 bridgehead atoms. The summed E-state index contributed by atoms with van der Waals surface area (Å²) in [5.41, 5.74) is 5.00. The number of halogens is 4. The van der Waals surface area contributed by atoms with Gasteiger partial charge >= 0.3 is 6.18 Å². The van der Waals surface area contributed by atoms with Crippen LogP contribution in [0.1, 0.15) is 50.5 Å². The summed E-state index contributed by atoms with van der Waals surface area (Å²) in [5, 5.41) is 9.16. The summed E-state index contributed by atoms with van der Waals surface area (Å²) >= 11 is 5.74. The van der Waals surface area contributed by atoms with Crippen LogP contribution in [0, 0.1) is 29.1 Å². The maximum absolute atomic E-state index is 13.1. The molecule has 5 nitrogen and oxygen atoms in total. The van der Waals surface area contributed by atoms with E-state index < -0.39 is 11.7 Å². The topological polar surface area (TPSA) is 73.4 Å². The number of carbonyl (C=O) groups is 1. The van der Waals surface area contributed by atoms with Crippen LogP contribution in [0.25, 0.3) is 0 Å². The molecule has 1 aromatic carbocycles. The number of amides is 1.